The quantitative estimate of drug-likeness (QED) is 0.711. The van der Waals surface area contributed by atoms with Crippen LogP contribution in [0.3, 0.4) is 0 Å². The van der Waals surface area contributed by atoms with E-state index >= 15 is 0 Å². The van der Waals surface area contributed by atoms with Crippen LogP contribution < -0.4 is 10.2 Å². The minimum Gasteiger partial charge on any atom is -0.369 e. The third-order valence-corrected chi connectivity index (χ3v) is 5.65. The summed E-state index contributed by atoms with van der Waals surface area (Å²) in [6, 6.07) is 12.1. The third kappa shape index (κ3) is 3.84. The van der Waals surface area contributed by atoms with E-state index in [9.17, 15) is 10.1 Å². The molecule has 1 N–H and O–H groups in total. The van der Waals surface area contributed by atoms with E-state index in [0.29, 0.717) is 17.9 Å². The number of aromatic nitrogens is 2. The summed E-state index contributed by atoms with van der Waals surface area (Å²) in [5, 5.41) is 13.7. The molecule has 0 radical (unpaired) electrons. The molecular formula is C24H25N5O. The van der Waals surface area contributed by atoms with Gasteiger partial charge in [0, 0.05) is 30.4 Å². The smallest absolute Gasteiger partial charge is 0.230 e. The van der Waals surface area contributed by atoms with Gasteiger partial charge in [0.1, 0.15) is 11.9 Å². The van der Waals surface area contributed by atoms with Crippen LogP contribution in [0.4, 0.5) is 11.5 Å². The zero-order chi connectivity index (χ0) is 21.3. The Labute approximate surface area is 176 Å². The molecule has 1 unspecified atom stereocenters. The van der Waals surface area contributed by atoms with Crippen LogP contribution in [0.15, 0.2) is 36.5 Å². The fourth-order valence-electron chi connectivity index (χ4n) is 4.30. The van der Waals surface area contributed by atoms with Crippen molar-refractivity contribution in [2.24, 2.45) is 5.92 Å². The van der Waals surface area contributed by atoms with Gasteiger partial charge in [-0.2, -0.15) is 5.26 Å². The molecule has 152 valence electrons. The van der Waals surface area contributed by atoms with Gasteiger partial charge in [-0.1, -0.05) is 17.7 Å². The average Bonchev–Trinajstić information content (AvgIpc) is 2.73. The molecule has 4 rings (SSSR count). The molecule has 3 aromatic rings. The number of aryl methyl sites for hydroxylation is 3. The Balaban J connectivity index is 1.65. The summed E-state index contributed by atoms with van der Waals surface area (Å²) >= 11 is 0. The van der Waals surface area contributed by atoms with Crippen molar-refractivity contribution in [1.29, 1.82) is 5.26 Å². The van der Waals surface area contributed by atoms with Crippen LogP contribution in [0, 0.1) is 38.0 Å². The van der Waals surface area contributed by atoms with Gasteiger partial charge in [0.05, 0.1) is 22.7 Å². The van der Waals surface area contributed by atoms with E-state index in [-0.39, 0.29) is 11.8 Å². The van der Waals surface area contributed by atoms with E-state index in [1.54, 1.807) is 12.3 Å². The summed E-state index contributed by atoms with van der Waals surface area (Å²) in [6.07, 6.45) is 3.36. The number of piperidine rings is 1. The first-order valence-electron chi connectivity index (χ1n) is 10.3. The van der Waals surface area contributed by atoms with Gasteiger partial charge in [0.15, 0.2) is 0 Å². The maximum absolute atomic E-state index is 12.9. The number of amides is 1. The van der Waals surface area contributed by atoms with Crippen LogP contribution >= 0.6 is 0 Å². The molecule has 1 aromatic carbocycles. The number of carbonyl (C=O) groups is 1. The van der Waals surface area contributed by atoms with Crippen LogP contribution in [0.25, 0.3) is 10.9 Å². The molecule has 1 atom stereocenters. The van der Waals surface area contributed by atoms with E-state index in [0.717, 1.165) is 52.8 Å². The lowest BCUT2D eigenvalue weighted by molar-refractivity contribution is -0.120. The number of nitrogens with zero attached hydrogens (tertiary/aromatic N) is 4. The zero-order valence-electron chi connectivity index (χ0n) is 17.6. The summed E-state index contributed by atoms with van der Waals surface area (Å²) in [5.41, 5.74) is 5.44. The number of anilines is 2. The molecule has 1 saturated heterocycles. The van der Waals surface area contributed by atoms with Crippen LogP contribution in [-0.2, 0) is 4.79 Å². The van der Waals surface area contributed by atoms with Gasteiger partial charge in [0.25, 0.3) is 0 Å². The lowest BCUT2D eigenvalue weighted by Crippen LogP contribution is -2.41. The van der Waals surface area contributed by atoms with Crippen molar-refractivity contribution in [1.82, 2.24) is 9.97 Å². The van der Waals surface area contributed by atoms with Crippen molar-refractivity contribution in [3.05, 3.63) is 58.9 Å². The largest absolute Gasteiger partial charge is 0.369 e. The minimum atomic E-state index is -0.165. The number of hydrogen-bond acceptors (Lipinski definition) is 5. The fraction of sp³-hybridized carbons (Fsp3) is 0.333. The Hall–Kier alpha value is -3.46. The van der Waals surface area contributed by atoms with Crippen LogP contribution in [0.1, 0.15) is 35.2 Å². The molecule has 1 aliphatic heterocycles. The summed E-state index contributed by atoms with van der Waals surface area (Å²) in [7, 11) is 0. The van der Waals surface area contributed by atoms with Crippen LogP contribution in [-0.4, -0.2) is 29.0 Å². The third-order valence-electron chi connectivity index (χ3n) is 5.65. The molecule has 0 aliphatic carbocycles. The lowest BCUT2D eigenvalue weighted by Gasteiger charge is -2.35. The summed E-state index contributed by atoms with van der Waals surface area (Å²) in [5.74, 6) is 0.388. The monoisotopic (exact) mass is 399 g/mol. The normalized spacial score (nSPS) is 16.3. The van der Waals surface area contributed by atoms with Gasteiger partial charge in [-0.05, 0) is 57.4 Å². The highest BCUT2D eigenvalue weighted by molar-refractivity contribution is 5.97. The standard InChI is InChI=1S/C24H25N5O/c1-15-10-16(2)22-20(11-15)23(19(12-25)13-26-22)29-9-5-7-18(14-29)24(30)28-21-8-4-6-17(3)27-21/h4,6,8,10-11,13,18H,5,7,9,14H2,1-3H3,(H,27,28,30). The zero-order valence-corrected chi connectivity index (χ0v) is 17.6. The van der Waals surface area contributed by atoms with Crippen molar-refractivity contribution < 1.29 is 4.79 Å². The summed E-state index contributed by atoms with van der Waals surface area (Å²) in [6.45, 7) is 7.38. The molecule has 6 nitrogen and oxygen atoms in total. The molecule has 30 heavy (non-hydrogen) atoms. The van der Waals surface area contributed by atoms with Crippen LogP contribution in [0.2, 0.25) is 0 Å². The lowest BCUT2D eigenvalue weighted by atomic mass is 9.94. The average molecular weight is 399 g/mol. The summed E-state index contributed by atoms with van der Waals surface area (Å²) < 4.78 is 0. The van der Waals surface area contributed by atoms with E-state index in [2.05, 4.69) is 45.3 Å². The topological polar surface area (TPSA) is 81.9 Å². The Morgan fingerprint density at radius 3 is 2.87 bits per heavy atom. The number of nitrogens with one attached hydrogen (secondary N) is 1. The number of fused-ring (bicyclic) bond motifs is 1. The number of pyridine rings is 2. The van der Waals surface area contributed by atoms with Crippen molar-refractivity contribution >= 4 is 28.3 Å². The maximum Gasteiger partial charge on any atom is 0.230 e. The minimum absolute atomic E-state index is 0.0259. The highest BCUT2D eigenvalue weighted by atomic mass is 16.2. The Bertz CT molecular complexity index is 1160. The predicted octanol–water partition coefficient (Wildman–Crippen LogP) is 4.28. The number of carbonyl (C=O) groups excluding carboxylic acids is 1. The first-order valence-corrected chi connectivity index (χ1v) is 10.3. The van der Waals surface area contributed by atoms with Crippen molar-refractivity contribution in [2.75, 3.05) is 23.3 Å². The number of rotatable bonds is 3. The van der Waals surface area contributed by atoms with Gasteiger partial charge < -0.3 is 10.2 Å². The Morgan fingerprint density at radius 1 is 1.27 bits per heavy atom. The molecular weight excluding hydrogens is 374 g/mol. The molecule has 0 spiro atoms. The second-order valence-corrected chi connectivity index (χ2v) is 8.05. The highest BCUT2D eigenvalue weighted by Gasteiger charge is 2.28. The van der Waals surface area contributed by atoms with Gasteiger partial charge in [-0.3, -0.25) is 9.78 Å². The molecule has 2 aromatic heterocycles. The fourth-order valence-corrected chi connectivity index (χ4v) is 4.30. The second kappa shape index (κ2) is 8.11. The second-order valence-electron chi connectivity index (χ2n) is 8.05. The van der Waals surface area contributed by atoms with Crippen LogP contribution in [0.5, 0.6) is 0 Å². The van der Waals surface area contributed by atoms with Crippen molar-refractivity contribution in [3.8, 4) is 6.07 Å². The van der Waals surface area contributed by atoms with Crippen molar-refractivity contribution in [2.45, 2.75) is 33.6 Å². The maximum atomic E-state index is 12.9. The SMILES string of the molecule is Cc1cc(C)c2ncc(C#N)c(N3CCCC(C(=O)Nc4cccc(C)n4)C3)c2c1. The molecule has 1 aliphatic rings. The first kappa shape index (κ1) is 19.8. The van der Waals surface area contributed by atoms with Crippen molar-refractivity contribution in [3.63, 3.8) is 0 Å². The Morgan fingerprint density at radius 2 is 2.10 bits per heavy atom. The van der Waals surface area contributed by atoms with Gasteiger partial charge >= 0.3 is 0 Å². The van der Waals surface area contributed by atoms with E-state index < -0.39 is 0 Å². The van der Waals surface area contributed by atoms with Gasteiger partial charge in [-0.25, -0.2) is 4.98 Å². The molecule has 1 amide bonds. The molecule has 3 heterocycles. The Kier molecular flexibility index (Phi) is 5.37. The first-order chi connectivity index (χ1) is 14.5. The molecule has 1 fully saturated rings. The van der Waals surface area contributed by atoms with Gasteiger partial charge in [0.2, 0.25) is 5.91 Å². The predicted molar refractivity (Wildman–Crippen MR) is 118 cm³/mol. The number of benzene rings is 1. The molecule has 0 bridgehead atoms. The van der Waals surface area contributed by atoms with E-state index in [1.807, 2.05) is 26.0 Å². The number of nitriles is 1. The van der Waals surface area contributed by atoms with Gasteiger partial charge in [-0.15, -0.1) is 0 Å². The highest BCUT2D eigenvalue weighted by Crippen LogP contribution is 2.34. The molecule has 6 heteroatoms. The molecule has 0 saturated carbocycles. The summed E-state index contributed by atoms with van der Waals surface area (Å²) in [4.78, 5) is 24.0. The van der Waals surface area contributed by atoms with E-state index in [1.165, 1.54) is 0 Å². The van der Waals surface area contributed by atoms with E-state index in [4.69, 9.17) is 0 Å². The number of hydrogen-bond donors (Lipinski definition) is 1.